The number of hydrogen-bond acceptors (Lipinski definition) is 4. The number of carbonyl (C=O) groups excluding carboxylic acids is 2. The van der Waals surface area contributed by atoms with Crippen LogP contribution in [0.4, 0.5) is 0 Å². The Morgan fingerprint density at radius 3 is 1.63 bits per heavy atom. The highest BCUT2D eigenvalue weighted by molar-refractivity contribution is 5.76. The summed E-state index contributed by atoms with van der Waals surface area (Å²) in [5, 5.41) is 6.00. The Kier molecular flexibility index (Phi) is 20.2. The highest BCUT2D eigenvalue weighted by Crippen LogP contribution is 2.25. The van der Waals surface area contributed by atoms with E-state index in [4.69, 9.17) is 9.47 Å². The Hall–Kier alpha value is -2.24. The van der Waals surface area contributed by atoms with E-state index >= 15 is 0 Å². The molecule has 0 aliphatic carbocycles. The second-order valence-electron chi connectivity index (χ2n) is 10.8. The van der Waals surface area contributed by atoms with E-state index in [0.29, 0.717) is 32.0 Å². The van der Waals surface area contributed by atoms with E-state index in [1.165, 1.54) is 12.0 Å². The van der Waals surface area contributed by atoms with Crippen LogP contribution in [0.2, 0.25) is 0 Å². The van der Waals surface area contributed by atoms with Crippen molar-refractivity contribution in [1.82, 2.24) is 10.6 Å². The summed E-state index contributed by atoms with van der Waals surface area (Å²) in [6.07, 6.45) is 14.5. The molecule has 1 aromatic rings. The van der Waals surface area contributed by atoms with Gasteiger partial charge in [-0.15, -0.1) is 0 Å². The number of nitrogens with one attached hydrogen (secondary N) is 2. The minimum Gasteiger partial charge on any atom is -0.493 e. The summed E-state index contributed by atoms with van der Waals surface area (Å²) < 4.78 is 12.1. The third-order valence-electron chi connectivity index (χ3n) is 6.53. The number of aryl methyl sites for hydroxylation is 1. The maximum absolute atomic E-state index is 11.9. The molecule has 2 N–H and O–H groups in total. The van der Waals surface area contributed by atoms with Crippen molar-refractivity contribution in [3.8, 4) is 11.5 Å². The largest absolute Gasteiger partial charge is 0.493 e. The molecule has 1 rings (SSSR count). The van der Waals surface area contributed by atoms with Gasteiger partial charge in [-0.3, -0.25) is 9.59 Å². The van der Waals surface area contributed by atoms with Crippen LogP contribution in [0.25, 0.3) is 0 Å². The summed E-state index contributed by atoms with van der Waals surface area (Å²) in [5.74, 6) is 2.63. The van der Waals surface area contributed by atoms with Gasteiger partial charge in [0.05, 0.1) is 13.2 Å². The lowest BCUT2D eigenvalue weighted by Crippen LogP contribution is -2.24. The molecule has 0 saturated heterocycles. The predicted molar refractivity (Wildman–Crippen MR) is 158 cm³/mol. The highest BCUT2D eigenvalue weighted by Gasteiger charge is 2.07. The predicted octanol–water partition coefficient (Wildman–Crippen LogP) is 7.38. The quantitative estimate of drug-likeness (QED) is 0.136. The molecule has 6 heteroatoms. The molecule has 0 bridgehead atoms. The van der Waals surface area contributed by atoms with Gasteiger partial charge in [0.2, 0.25) is 11.8 Å². The molecular weight excluding hydrogens is 476 g/mol. The fraction of sp³-hybridized carbons (Fsp3) is 0.750. The van der Waals surface area contributed by atoms with Gasteiger partial charge in [0, 0.05) is 32.0 Å². The van der Waals surface area contributed by atoms with Crippen LogP contribution in [0, 0.1) is 5.92 Å². The number of ether oxygens (including phenoxy) is 2. The van der Waals surface area contributed by atoms with Gasteiger partial charge in [-0.05, 0) is 75.0 Å². The van der Waals surface area contributed by atoms with Crippen molar-refractivity contribution in [2.24, 2.45) is 5.92 Å². The molecule has 218 valence electrons. The van der Waals surface area contributed by atoms with Crippen LogP contribution in [-0.4, -0.2) is 38.1 Å². The second kappa shape index (κ2) is 22.7. The molecule has 0 fully saturated rings. The molecule has 6 nitrogen and oxygen atoms in total. The fourth-order valence-electron chi connectivity index (χ4n) is 4.19. The Balaban J connectivity index is 2.43. The van der Waals surface area contributed by atoms with Gasteiger partial charge in [-0.25, -0.2) is 0 Å². The summed E-state index contributed by atoms with van der Waals surface area (Å²) in [4.78, 5) is 23.9. The zero-order valence-corrected chi connectivity index (χ0v) is 24.9. The molecule has 38 heavy (non-hydrogen) atoms. The van der Waals surface area contributed by atoms with Crippen molar-refractivity contribution in [2.75, 3.05) is 26.3 Å². The molecule has 0 saturated carbocycles. The summed E-state index contributed by atoms with van der Waals surface area (Å²) >= 11 is 0. The molecule has 1 aromatic carbocycles. The molecule has 2 amide bonds. The zero-order valence-electron chi connectivity index (χ0n) is 24.9. The third-order valence-corrected chi connectivity index (χ3v) is 6.53. The van der Waals surface area contributed by atoms with Crippen molar-refractivity contribution in [3.63, 3.8) is 0 Å². The lowest BCUT2D eigenvalue weighted by molar-refractivity contribution is -0.122. The SMILES string of the molecule is CCCCCNC(=O)CCCCOc1cc(CCCC(C)C)cc(OCCCCC(=O)NCCCCC)c1. The monoisotopic (exact) mass is 532 g/mol. The van der Waals surface area contributed by atoms with Gasteiger partial charge >= 0.3 is 0 Å². The lowest BCUT2D eigenvalue weighted by Gasteiger charge is -2.13. The number of unbranched alkanes of at least 4 members (excludes halogenated alkanes) is 6. The van der Waals surface area contributed by atoms with Crippen molar-refractivity contribution in [1.29, 1.82) is 0 Å². The Bertz CT molecular complexity index is 699. The van der Waals surface area contributed by atoms with Crippen LogP contribution in [0.3, 0.4) is 0 Å². The summed E-state index contributed by atoms with van der Waals surface area (Å²) in [5.41, 5.74) is 1.23. The summed E-state index contributed by atoms with van der Waals surface area (Å²) in [6, 6.07) is 6.21. The van der Waals surface area contributed by atoms with Crippen LogP contribution < -0.4 is 20.1 Å². The minimum absolute atomic E-state index is 0.137. The van der Waals surface area contributed by atoms with E-state index in [-0.39, 0.29) is 11.8 Å². The Morgan fingerprint density at radius 1 is 0.684 bits per heavy atom. The van der Waals surface area contributed by atoms with Gasteiger partial charge < -0.3 is 20.1 Å². The van der Waals surface area contributed by atoms with Gasteiger partial charge in [-0.2, -0.15) is 0 Å². The van der Waals surface area contributed by atoms with E-state index in [1.54, 1.807) is 0 Å². The molecule has 0 unspecified atom stereocenters. The van der Waals surface area contributed by atoms with Crippen molar-refractivity contribution >= 4 is 11.8 Å². The fourth-order valence-corrected chi connectivity index (χ4v) is 4.19. The Labute approximate surface area is 233 Å². The van der Waals surface area contributed by atoms with E-state index in [0.717, 1.165) is 102 Å². The first-order valence-corrected chi connectivity index (χ1v) is 15.4. The number of carbonyl (C=O) groups is 2. The van der Waals surface area contributed by atoms with Crippen molar-refractivity contribution in [2.45, 2.75) is 124 Å². The first-order valence-electron chi connectivity index (χ1n) is 15.4. The van der Waals surface area contributed by atoms with Crippen LogP contribution in [-0.2, 0) is 16.0 Å². The third kappa shape index (κ3) is 18.9. The van der Waals surface area contributed by atoms with Crippen molar-refractivity contribution in [3.05, 3.63) is 23.8 Å². The van der Waals surface area contributed by atoms with E-state index in [2.05, 4.69) is 50.5 Å². The van der Waals surface area contributed by atoms with Crippen LogP contribution in [0.5, 0.6) is 11.5 Å². The molecule has 0 heterocycles. The number of benzene rings is 1. The first-order chi connectivity index (χ1) is 18.4. The van der Waals surface area contributed by atoms with E-state index < -0.39 is 0 Å². The van der Waals surface area contributed by atoms with Crippen LogP contribution >= 0.6 is 0 Å². The molecule has 0 aromatic heterocycles. The number of amides is 2. The van der Waals surface area contributed by atoms with Crippen molar-refractivity contribution < 1.29 is 19.1 Å². The van der Waals surface area contributed by atoms with E-state index in [1.807, 2.05) is 6.07 Å². The lowest BCUT2D eigenvalue weighted by atomic mass is 10.0. The molecular formula is C32H56N2O4. The molecule has 0 atom stereocenters. The standard InChI is InChI=1S/C32H56N2O4/c1-5-7-11-20-33-31(35)18-9-13-22-37-29-24-28(17-15-16-27(3)4)25-30(26-29)38-23-14-10-19-32(36)34-21-12-8-6-2/h24-27H,5-23H2,1-4H3,(H,33,35)(H,34,36). The normalized spacial score (nSPS) is 11.0. The van der Waals surface area contributed by atoms with Gasteiger partial charge in [0.25, 0.3) is 0 Å². The average molecular weight is 533 g/mol. The van der Waals surface area contributed by atoms with Gasteiger partial charge in [0.1, 0.15) is 11.5 Å². The minimum atomic E-state index is 0.137. The molecule has 0 radical (unpaired) electrons. The molecule has 0 aliphatic heterocycles. The number of hydrogen-bond donors (Lipinski definition) is 2. The molecule has 0 aliphatic rings. The van der Waals surface area contributed by atoms with Gasteiger partial charge in [0.15, 0.2) is 0 Å². The average Bonchev–Trinajstić information content (AvgIpc) is 2.88. The maximum Gasteiger partial charge on any atom is 0.219 e. The second-order valence-corrected chi connectivity index (χ2v) is 10.8. The first kappa shape index (κ1) is 33.8. The summed E-state index contributed by atoms with van der Waals surface area (Å²) in [6.45, 7) is 11.6. The van der Waals surface area contributed by atoms with Crippen LogP contribution in [0.1, 0.15) is 123 Å². The number of rotatable bonds is 24. The maximum atomic E-state index is 11.9. The highest BCUT2D eigenvalue weighted by atomic mass is 16.5. The van der Waals surface area contributed by atoms with Gasteiger partial charge in [-0.1, -0.05) is 59.8 Å². The van der Waals surface area contributed by atoms with E-state index in [9.17, 15) is 9.59 Å². The topological polar surface area (TPSA) is 76.7 Å². The van der Waals surface area contributed by atoms with Crippen LogP contribution in [0.15, 0.2) is 18.2 Å². The molecule has 0 spiro atoms. The smallest absolute Gasteiger partial charge is 0.219 e. The summed E-state index contributed by atoms with van der Waals surface area (Å²) in [7, 11) is 0. The zero-order chi connectivity index (χ0) is 27.8. The Morgan fingerprint density at radius 2 is 1.18 bits per heavy atom.